The van der Waals surface area contributed by atoms with E-state index in [1.54, 1.807) is 0 Å². The molecule has 0 saturated heterocycles. The minimum atomic E-state index is 0.140. The highest BCUT2D eigenvalue weighted by atomic mass is 16.3. The minimum absolute atomic E-state index is 0.140. The predicted molar refractivity (Wildman–Crippen MR) is 86.0 cm³/mol. The fraction of sp³-hybridized carbons (Fsp3) is 0.667. The number of aryl methyl sites for hydroxylation is 2. The molecule has 0 unspecified atom stereocenters. The van der Waals surface area contributed by atoms with E-state index in [9.17, 15) is 5.11 Å². The van der Waals surface area contributed by atoms with Gasteiger partial charge in [0, 0.05) is 0 Å². The fourth-order valence-electron chi connectivity index (χ4n) is 2.77. The maximum Gasteiger partial charge on any atom is 0.121 e. The molecule has 0 amide bonds. The molecule has 0 aliphatic rings. The van der Waals surface area contributed by atoms with Crippen molar-refractivity contribution < 1.29 is 5.11 Å². The highest BCUT2D eigenvalue weighted by Crippen LogP contribution is 2.38. The van der Waals surface area contributed by atoms with Crippen molar-refractivity contribution in [2.45, 2.75) is 74.1 Å². The molecule has 0 heterocycles. The van der Waals surface area contributed by atoms with E-state index in [-0.39, 0.29) is 5.41 Å². The molecule has 1 aromatic carbocycles. The van der Waals surface area contributed by atoms with E-state index in [0.29, 0.717) is 11.2 Å². The molecule has 0 atom stereocenters. The van der Waals surface area contributed by atoms with E-state index in [2.05, 4.69) is 46.8 Å². The molecule has 0 aliphatic carbocycles. The lowest BCUT2D eigenvalue weighted by atomic mass is 9.72. The normalized spacial score (nSPS) is 11.8. The second kappa shape index (κ2) is 6.45. The first-order chi connectivity index (χ1) is 8.53. The van der Waals surface area contributed by atoms with Crippen LogP contribution in [-0.2, 0) is 5.41 Å². The largest absolute Gasteiger partial charge is 0.507 e. The summed E-state index contributed by atoms with van der Waals surface area (Å²) in [6, 6.07) is 4.24. The summed E-state index contributed by atoms with van der Waals surface area (Å²) in [5.74, 6) is 0.431. The Morgan fingerprint density at radius 2 is 1.26 bits per heavy atom. The topological polar surface area (TPSA) is 20.2 Å². The van der Waals surface area contributed by atoms with Crippen LogP contribution in [0, 0.1) is 19.3 Å². The van der Waals surface area contributed by atoms with E-state index >= 15 is 0 Å². The van der Waals surface area contributed by atoms with Crippen LogP contribution in [0.25, 0.3) is 0 Å². The minimum Gasteiger partial charge on any atom is -0.507 e. The lowest BCUT2D eigenvalue weighted by Gasteiger charge is -2.33. The highest BCUT2D eigenvalue weighted by Gasteiger charge is 2.27. The molecular weight excluding hydrogens is 232 g/mol. The molecule has 1 N–H and O–H groups in total. The molecule has 0 saturated carbocycles. The summed E-state index contributed by atoms with van der Waals surface area (Å²) in [6.45, 7) is 19.3. The van der Waals surface area contributed by atoms with Gasteiger partial charge in [-0.05, 0) is 47.8 Å². The zero-order chi connectivity index (χ0) is 15.4. The molecule has 1 nitrogen and oxygen atoms in total. The monoisotopic (exact) mass is 264 g/mol. The van der Waals surface area contributed by atoms with Crippen LogP contribution in [0.15, 0.2) is 12.1 Å². The first-order valence-corrected chi connectivity index (χ1v) is 7.34. The van der Waals surface area contributed by atoms with Crippen LogP contribution in [0.1, 0.15) is 71.6 Å². The van der Waals surface area contributed by atoms with Gasteiger partial charge in [-0.1, -0.05) is 60.6 Å². The van der Waals surface area contributed by atoms with Gasteiger partial charge in [-0.3, -0.25) is 0 Å². The van der Waals surface area contributed by atoms with Crippen LogP contribution < -0.4 is 0 Å². The van der Waals surface area contributed by atoms with Crippen molar-refractivity contribution in [1.82, 2.24) is 0 Å². The highest BCUT2D eigenvalue weighted by molar-refractivity contribution is 5.44. The van der Waals surface area contributed by atoms with Gasteiger partial charge in [0.25, 0.3) is 0 Å². The molecule has 19 heavy (non-hydrogen) atoms. The van der Waals surface area contributed by atoms with E-state index in [0.717, 1.165) is 17.5 Å². The molecule has 1 heteroatoms. The third-order valence-electron chi connectivity index (χ3n) is 3.24. The van der Waals surface area contributed by atoms with Crippen LogP contribution in [0.5, 0.6) is 5.75 Å². The van der Waals surface area contributed by atoms with Crippen molar-refractivity contribution in [3.05, 3.63) is 28.8 Å². The summed E-state index contributed by atoms with van der Waals surface area (Å²) in [5, 5.41) is 9.83. The van der Waals surface area contributed by atoms with Crippen LogP contribution in [0.4, 0.5) is 0 Å². The Morgan fingerprint density at radius 3 is 1.58 bits per heavy atom. The van der Waals surface area contributed by atoms with Crippen LogP contribution in [-0.4, -0.2) is 5.11 Å². The number of hydrogen-bond donors (Lipinski definition) is 1. The van der Waals surface area contributed by atoms with E-state index in [1.807, 2.05) is 27.7 Å². The summed E-state index contributed by atoms with van der Waals surface area (Å²) in [6.07, 6.45) is 1.13. The van der Waals surface area contributed by atoms with Crippen LogP contribution in [0.3, 0.4) is 0 Å². The number of phenolic OH excluding ortho intramolecular Hbond substituents is 1. The smallest absolute Gasteiger partial charge is 0.121 e. The van der Waals surface area contributed by atoms with Crippen molar-refractivity contribution in [3.63, 3.8) is 0 Å². The van der Waals surface area contributed by atoms with Crippen molar-refractivity contribution in [2.75, 3.05) is 0 Å². The Labute approximate surface area is 120 Å². The van der Waals surface area contributed by atoms with Crippen molar-refractivity contribution >= 4 is 0 Å². The van der Waals surface area contributed by atoms with Crippen molar-refractivity contribution in [3.8, 4) is 5.75 Å². The van der Waals surface area contributed by atoms with E-state index < -0.39 is 0 Å². The SMILES string of the molecule is CC.Cc1cc(C(C)(C)CC(C)(C)C)cc(C)c1O. The third-order valence-corrected chi connectivity index (χ3v) is 3.24. The fourth-order valence-corrected chi connectivity index (χ4v) is 2.77. The molecule has 0 spiro atoms. The second-order valence-corrected chi connectivity index (χ2v) is 7.08. The lowest BCUT2D eigenvalue weighted by Crippen LogP contribution is -2.25. The van der Waals surface area contributed by atoms with Gasteiger partial charge in [-0.2, -0.15) is 0 Å². The second-order valence-electron chi connectivity index (χ2n) is 7.08. The Balaban J connectivity index is 0.00000154. The zero-order valence-corrected chi connectivity index (χ0v) is 14.3. The number of aromatic hydroxyl groups is 1. The Bertz CT molecular complexity index is 385. The molecule has 0 aromatic heterocycles. The quantitative estimate of drug-likeness (QED) is 0.721. The number of rotatable bonds is 2. The van der Waals surface area contributed by atoms with Crippen LogP contribution >= 0.6 is 0 Å². The first kappa shape index (κ1) is 18.0. The molecule has 1 aromatic rings. The third kappa shape index (κ3) is 5.26. The Kier molecular flexibility index (Phi) is 6.12. The maximum atomic E-state index is 9.83. The van der Waals surface area contributed by atoms with Gasteiger partial charge >= 0.3 is 0 Å². The van der Waals surface area contributed by atoms with Gasteiger partial charge in [-0.25, -0.2) is 0 Å². The summed E-state index contributed by atoms with van der Waals surface area (Å²) in [7, 11) is 0. The van der Waals surface area contributed by atoms with Gasteiger partial charge in [0.15, 0.2) is 0 Å². The Hall–Kier alpha value is -0.980. The average Bonchev–Trinajstić information content (AvgIpc) is 2.24. The summed E-state index contributed by atoms with van der Waals surface area (Å²) in [4.78, 5) is 0. The molecular formula is C18H32O. The van der Waals surface area contributed by atoms with Crippen molar-refractivity contribution in [2.24, 2.45) is 5.41 Å². The maximum absolute atomic E-state index is 9.83. The molecule has 0 fully saturated rings. The zero-order valence-electron chi connectivity index (χ0n) is 14.3. The lowest BCUT2D eigenvalue weighted by molar-refractivity contribution is 0.284. The average molecular weight is 264 g/mol. The summed E-state index contributed by atoms with van der Waals surface area (Å²) >= 11 is 0. The Morgan fingerprint density at radius 1 is 0.895 bits per heavy atom. The van der Waals surface area contributed by atoms with Gasteiger partial charge in [0.1, 0.15) is 5.75 Å². The first-order valence-electron chi connectivity index (χ1n) is 7.34. The number of benzene rings is 1. The van der Waals surface area contributed by atoms with Crippen LogP contribution in [0.2, 0.25) is 0 Å². The van der Waals surface area contributed by atoms with E-state index in [1.165, 1.54) is 5.56 Å². The molecule has 0 bridgehead atoms. The number of hydrogen-bond acceptors (Lipinski definition) is 1. The van der Waals surface area contributed by atoms with Gasteiger partial charge in [0.05, 0.1) is 0 Å². The van der Waals surface area contributed by atoms with Crippen molar-refractivity contribution in [1.29, 1.82) is 0 Å². The summed E-state index contributed by atoms with van der Waals surface area (Å²) < 4.78 is 0. The number of phenols is 1. The molecule has 1 rings (SSSR count). The van der Waals surface area contributed by atoms with Gasteiger partial charge in [-0.15, -0.1) is 0 Å². The van der Waals surface area contributed by atoms with Gasteiger partial charge < -0.3 is 5.11 Å². The molecule has 0 radical (unpaired) electrons. The summed E-state index contributed by atoms with van der Waals surface area (Å²) in [5.41, 5.74) is 3.72. The standard InChI is InChI=1S/C16H26O.C2H6/c1-11-8-13(9-12(2)14(11)17)16(6,7)10-15(3,4)5;1-2/h8-9,17H,10H2,1-7H3;1-2H3. The predicted octanol–water partition coefficient (Wildman–Crippen LogP) is 5.75. The molecule has 0 aliphatic heterocycles. The van der Waals surface area contributed by atoms with Gasteiger partial charge in [0.2, 0.25) is 0 Å². The van der Waals surface area contributed by atoms with E-state index in [4.69, 9.17) is 0 Å². The molecule has 110 valence electrons.